The van der Waals surface area contributed by atoms with Crippen LogP contribution in [0, 0.1) is 18.3 Å². The number of aryl methyl sites for hydroxylation is 1. The Kier molecular flexibility index (Phi) is 7.43. The maximum atomic E-state index is 14.1. The van der Waals surface area contributed by atoms with Crippen molar-refractivity contribution in [3.63, 3.8) is 0 Å². The van der Waals surface area contributed by atoms with Crippen LogP contribution in [0.15, 0.2) is 40.4 Å². The Morgan fingerprint density at radius 1 is 1.11 bits per heavy atom. The van der Waals surface area contributed by atoms with Gasteiger partial charge in [0, 0.05) is 29.9 Å². The van der Waals surface area contributed by atoms with Crippen LogP contribution in [-0.4, -0.2) is 70.2 Å². The summed E-state index contributed by atoms with van der Waals surface area (Å²) in [5.41, 5.74) is 5.79. The van der Waals surface area contributed by atoms with Gasteiger partial charge < -0.3 is 29.3 Å². The van der Waals surface area contributed by atoms with Crippen LogP contribution in [0.3, 0.4) is 0 Å². The minimum atomic E-state index is -0.776. The van der Waals surface area contributed by atoms with Crippen molar-refractivity contribution in [1.29, 1.82) is 0 Å². The predicted molar refractivity (Wildman–Crippen MR) is 163 cm³/mol. The number of benzene rings is 1. The molecule has 2 N–H and O–H groups in total. The van der Waals surface area contributed by atoms with E-state index in [1.807, 2.05) is 63.5 Å². The van der Waals surface area contributed by atoms with E-state index in [2.05, 4.69) is 15.5 Å². The second-order valence-corrected chi connectivity index (χ2v) is 14.5. The second-order valence-electron chi connectivity index (χ2n) is 13.6. The summed E-state index contributed by atoms with van der Waals surface area (Å²) >= 11 is 1.60. The fourth-order valence-corrected chi connectivity index (χ4v) is 8.71. The van der Waals surface area contributed by atoms with Crippen molar-refractivity contribution in [2.45, 2.75) is 89.2 Å². The SMILES string of the molecule is Cc1ncsc1-c1ccc(C(C)NC(=O)[C@@H]2C[C@@H](O)CN2C(=O)C(c2cc(C34CC(C5OCCO5)(C3)C4)no2)C(C)C)cc1. The summed E-state index contributed by atoms with van der Waals surface area (Å²) in [7, 11) is 0. The van der Waals surface area contributed by atoms with Crippen molar-refractivity contribution in [1.82, 2.24) is 20.4 Å². The van der Waals surface area contributed by atoms with Gasteiger partial charge >= 0.3 is 0 Å². The van der Waals surface area contributed by atoms with E-state index in [0.717, 1.165) is 46.7 Å². The molecule has 4 heterocycles. The van der Waals surface area contributed by atoms with Gasteiger partial charge in [-0.2, -0.15) is 0 Å². The van der Waals surface area contributed by atoms with E-state index in [-0.39, 0.29) is 53.9 Å². The number of aliphatic hydroxyl groups is 1. The smallest absolute Gasteiger partial charge is 0.243 e. The Hall–Kier alpha value is -3.12. The molecule has 3 aliphatic carbocycles. The van der Waals surface area contributed by atoms with E-state index in [1.54, 1.807) is 11.3 Å². The number of carbonyl (C=O) groups is 2. The monoisotopic (exact) mass is 620 g/mol. The van der Waals surface area contributed by atoms with E-state index in [9.17, 15) is 14.7 Å². The van der Waals surface area contributed by atoms with Crippen LogP contribution in [0.5, 0.6) is 0 Å². The number of ether oxygens (including phenoxy) is 2. The number of rotatable bonds is 9. The van der Waals surface area contributed by atoms with Gasteiger partial charge in [-0.15, -0.1) is 11.3 Å². The number of β-amino-alcohol motifs (C(OH)–C–C–N with tert-alkyl or cyclic N) is 1. The van der Waals surface area contributed by atoms with E-state index in [1.165, 1.54) is 4.90 Å². The molecule has 10 nitrogen and oxygen atoms in total. The molecule has 2 bridgehead atoms. The maximum Gasteiger partial charge on any atom is 0.243 e. The summed E-state index contributed by atoms with van der Waals surface area (Å²) in [5.74, 6) is -0.694. The normalized spacial score (nSPS) is 29.4. The third kappa shape index (κ3) is 4.88. The first-order chi connectivity index (χ1) is 21.1. The lowest BCUT2D eigenvalue weighted by atomic mass is 9.34. The van der Waals surface area contributed by atoms with Crippen molar-refractivity contribution in [2.75, 3.05) is 19.8 Å². The number of hydrogen-bond acceptors (Lipinski definition) is 9. The van der Waals surface area contributed by atoms with Crippen LogP contribution in [0.4, 0.5) is 0 Å². The van der Waals surface area contributed by atoms with Crippen molar-refractivity contribution in [3.05, 3.63) is 58.6 Å². The first-order valence-electron chi connectivity index (χ1n) is 15.6. The Balaban J connectivity index is 1.03. The van der Waals surface area contributed by atoms with Crippen LogP contribution in [-0.2, 0) is 24.5 Å². The second kappa shape index (κ2) is 11.0. The van der Waals surface area contributed by atoms with Gasteiger partial charge in [0.05, 0.1) is 47.1 Å². The van der Waals surface area contributed by atoms with Gasteiger partial charge in [-0.05, 0) is 50.2 Å². The Morgan fingerprint density at radius 3 is 2.45 bits per heavy atom. The van der Waals surface area contributed by atoms with Gasteiger partial charge in [-0.1, -0.05) is 43.3 Å². The average molecular weight is 621 g/mol. The molecule has 2 aromatic heterocycles. The lowest BCUT2D eigenvalue weighted by Gasteiger charge is -2.70. The number of likely N-dealkylation sites (tertiary alicyclic amines) is 1. The molecule has 5 fully saturated rings. The average Bonchev–Trinajstić information content (AvgIpc) is 3.76. The highest BCUT2D eigenvalue weighted by Gasteiger charge is 2.73. The Morgan fingerprint density at radius 2 is 1.82 bits per heavy atom. The zero-order valence-electron chi connectivity index (χ0n) is 25.6. The summed E-state index contributed by atoms with van der Waals surface area (Å²) in [4.78, 5) is 34.6. The molecule has 0 spiro atoms. The van der Waals surface area contributed by atoms with E-state index in [0.29, 0.717) is 19.0 Å². The quantitative estimate of drug-likeness (QED) is 0.359. The molecule has 1 aromatic carbocycles. The van der Waals surface area contributed by atoms with Gasteiger partial charge in [0.1, 0.15) is 17.7 Å². The fourth-order valence-electron chi connectivity index (χ4n) is 7.90. The number of aliphatic hydroxyl groups excluding tert-OH is 1. The number of nitrogens with one attached hydrogen (secondary N) is 1. The maximum absolute atomic E-state index is 14.1. The summed E-state index contributed by atoms with van der Waals surface area (Å²) in [6.07, 6.45) is 2.13. The molecule has 2 amide bonds. The lowest BCUT2D eigenvalue weighted by molar-refractivity contribution is -0.273. The molecule has 2 unspecified atom stereocenters. The summed E-state index contributed by atoms with van der Waals surface area (Å²) in [6.45, 7) is 9.25. The number of carbonyl (C=O) groups excluding carboxylic acids is 2. The van der Waals surface area contributed by atoms with Crippen LogP contribution in [0.2, 0.25) is 0 Å². The summed E-state index contributed by atoms with van der Waals surface area (Å²) < 4.78 is 17.4. The number of hydrogen-bond donors (Lipinski definition) is 2. The molecule has 8 rings (SSSR count). The zero-order chi connectivity index (χ0) is 30.8. The van der Waals surface area contributed by atoms with Gasteiger partial charge in [-0.3, -0.25) is 9.59 Å². The van der Waals surface area contributed by atoms with Crippen molar-refractivity contribution in [3.8, 4) is 10.4 Å². The highest BCUT2D eigenvalue weighted by Crippen LogP contribution is 2.75. The molecule has 0 radical (unpaired) electrons. The number of aromatic nitrogens is 2. The molecule has 2 saturated heterocycles. The third-order valence-corrected chi connectivity index (χ3v) is 11.1. The fraction of sp³-hybridized carbons (Fsp3) is 0.576. The highest BCUT2D eigenvalue weighted by molar-refractivity contribution is 7.13. The van der Waals surface area contributed by atoms with E-state index >= 15 is 0 Å². The topological polar surface area (TPSA) is 127 Å². The number of amides is 2. The predicted octanol–water partition coefficient (Wildman–Crippen LogP) is 4.48. The lowest BCUT2D eigenvalue weighted by Crippen LogP contribution is -2.69. The number of thiazole rings is 1. The van der Waals surface area contributed by atoms with Crippen LogP contribution < -0.4 is 5.32 Å². The van der Waals surface area contributed by atoms with Gasteiger partial charge in [-0.25, -0.2) is 4.98 Å². The van der Waals surface area contributed by atoms with Crippen LogP contribution in [0.25, 0.3) is 10.4 Å². The third-order valence-electron chi connectivity index (χ3n) is 10.1. The first-order valence-corrected chi connectivity index (χ1v) is 16.5. The first kappa shape index (κ1) is 29.6. The van der Waals surface area contributed by atoms with Gasteiger partial charge in [0.2, 0.25) is 11.8 Å². The highest BCUT2D eigenvalue weighted by atomic mass is 32.1. The Labute approximate surface area is 261 Å². The standard InChI is InChI=1S/C33H40N4O6S/c1-18(2)27(25-12-26(36-43-25)32-14-33(15-32,16-32)31-41-9-10-42-31)30(40)37-13-23(38)11-24(37)29(39)35-19(3)21-5-7-22(8-6-21)28-20(4)34-17-44-28/h5-8,12,17-19,23-24,27,31,38H,9-11,13-16H2,1-4H3,(H,35,39)/t19?,23-,24+,27?,32?,33?/m1/s1. The molecular formula is C33H40N4O6S. The molecule has 5 aliphatic rings. The minimum absolute atomic E-state index is 0.0400. The number of nitrogens with zero attached hydrogens (tertiary/aromatic N) is 3. The van der Waals surface area contributed by atoms with Crippen molar-refractivity contribution < 1.29 is 28.7 Å². The van der Waals surface area contributed by atoms with Crippen molar-refractivity contribution >= 4 is 23.2 Å². The van der Waals surface area contributed by atoms with Gasteiger partial charge in [0.25, 0.3) is 0 Å². The molecule has 2 aliphatic heterocycles. The Bertz CT molecular complexity index is 1520. The van der Waals surface area contributed by atoms with E-state index < -0.39 is 18.1 Å². The molecular weight excluding hydrogens is 580 g/mol. The molecule has 234 valence electrons. The zero-order valence-corrected chi connectivity index (χ0v) is 26.4. The summed E-state index contributed by atoms with van der Waals surface area (Å²) in [6, 6.07) is 8.97. The molecule has 11 heteroatoms. The summed E-state index contributed by atoms with van der Waals surface area (Å²) in [5, 5.41) is 18.1. The minimum Gasteiger partial charge on any atom is -0.391 e. The van der Waals surface area contributed by atoms with E-state index in [4.69, 9.17) is 14.0 Å². The van der Waals surface area contributed by atoms with Crippen LogP contribution in [0.1, 0.15) is 81.1 Å². The van der Waals surface area contributed by atoms with Crippen LogP contribution >= 0.6 is 11.3 Å². The van der Waals surface area contributed by atoms with Crippen molar-refractivity contribution in [2.24, 2.45) is 11.3 Å². The molecule has 4 atom stereocenters. The molecule has 3 saturated carbocycles. The van der Waals surface area contributed by atoms with Gasteiger partial charge in [0.15, 0.2) is 6.29 Å². The largest absolute Gasteiger partial charge is 0.391 e. The molecule has 44 heavy (non-hydrogen) atoms. The molecule has 3 aromatic rings.